The molecule has 2 nitrogen and oxygen atoms in total. The van der Waals surface area contributed by atoms with Crippen LogP contribution in [0.4, 0.5) is 4.39 Å². The van der Waals surface area contributed by atoms with E-state index in [9.17, 15) is 9.65 Å². The molecule has 0 unspecified atom stereocenters. The van der Waals surface area contributed by atoms with Gasteiger partial charge in [0.05, 0.1) is 17.6 Å². The number of rotatable bonds is 1. The summed E-state index contributed by atoms with van der Waals surface area (Å²) in [6.07, 6.45) is 1.26. The fourth-order valence-electron chi connectivity index (χ4n) is 2.34. The van der Waals surface area contributed by atoms with Crippen LogP contribution in [0.15, 0.2) is 22.7 Å². The first kappa shape index (κ1) is 12.5. The molecule has 0 N–H and O–H groups in total. The van der Waals surface area contributed by atoms with Gasteiger partial charge in [0.1, 0.15) is 5.82 Å². The fraction of sp³-hybridized carbons (Fsp3) is 0.462. The van der Waals surface area contributed by atoms with Crippen molar-refractivity contribution in [3.8, 4) is 6.07 Å². The summed E-state index contributed by atoms with van der Waals surface area (Å²) in [6.45, 7) is 2.49. The summed E-state index contributed by atoms with van der Waals surface area (Å²) in [4.78, 5) is 0. The van der Waals surface area contributed by atoms with E-state index in [1.807, 2.05) is 13.0 Å². The minimum absolute atomic E-state index is 0.0328. The van der Waals surface area contributed by atoms with Crippen molar-refractivity contribution < 1.29 is 9.13 Å². The lowest BCUT2D eigenvalue weighted by Crippen LogP contribution is -2.36. The van der Waals surface area contributed by atoms with Gasteiger partial charge in [-0.25, -0.2) is 4.39 Å². The van der Waals surface area contributed by atoms with Crippen LogP contribution in [0.5, 0.6) is 0 Å². The molecule has 1 saturated heterocycles. The second-order valence-corrected chi connectivity index (χ2v) is 5.40. The molecule has 0 aliphatic carbocycles. The summed E-state index contributed by atoms with van der Waals surface area (Å²) in [5, 5.41) is 9.45. The Hall–Kier alpha value is -0.920. The summed E-state index contributed by atoms with van der Waals surface area (Å²) in [7, 11) is 0. The number of nitriles is 1. The van der Waals surface area contributed by atoms with Gasteiger partial charge in [0.15, 0.2) is 0 Å². The van der Waals surface area contributed by atoms with E-state index in [2.05, 4.69) is 22.0 Å². The van der Waals surface area contributed by atoms with Crippen LogP contribution in [0.1, 0.15) is 25.3 Å². The Balaban J connectivity index is 2.44. The van der Waals surface area contributed by atoms with E-state index in [0.29, 0.717) is 23.9 Å². The first-order chi connectivity index (χ1) is 8.05. The lowest BCUT2D eigenvalue weighted by Gasteiger charge is -2.34. The SMILES string of the molecule is C[C@H]1C[C@@](C#N)(c2cc(F)cc(Br)c2)CCO1. The second-order valence-electron chi connectivity index (χ2n) is 4.49. The fourth-order valence-corrected chi connectivity index (χ4v) is 2.81. The van der Waals surface area contributed by atoms with Gasteiger partial charge >= 0.3 is 0 Å². The highest BCUT2D eigenvalue weighted by Gasteiger charge is 2.37. The molecule has 0 bridgehead atoms. The number of benzene rings is 1. The molecule has 0 amide bonds. The third-order valence-corrected chi connectivity index (χ3v) is 3.65. The average Bonchev–Trinajstić information content (AvgIpc) is 2.27. The van der Waals surface area contributed by atoms with Crippen LogP contribution in [-0.4, -0.2) is 12.7 Å². The molecule has 2 atom stereocenters. The molecule has 1 aromatic carbocycles. The molecule has 1 aliphatic rings. The molecule has 2 rings (SSSR count). The van der Waals surface area contributed by atoms with Gasteiger partial charge < -0.3 is 4.74 Å². The van der Waals surface area contributed by atoms with Gasteiger partial charge in [-0.15, -0.1) is 0 Å². The minimum atomic E-state index is -0.623. The summed E-state index contributed by atoms with van der Waals surface area (Å²) in [5.41, 5.74) is 0.115. The first-order valence-electron chi connectivity index (χ1n) is 5.55. The van der Waals surface area contributed by atoms with Gasteiger partial charge in [0, 0.05) is 11.1 Å². The third kappa shape index (κ3) is 2.51. The van der Waals surface area contributed by atoms with E-state index in [-0.39, 0.29) is 11.9 Å². The zero-order valence-corrected chi connectivity index (χ0v) is 11.1. The minimum Gasteiger partial charge on any atom is -0.378 e. The predicted molar refractivity (Wildman–Crippen MR) is 66.0 cm³/mol. The number of nitrogens with zero attached hydrogens (tertiary/aromatic N) is 1. The Morgan fingerprint density at radius 1 is 1.53 bits per heavy atom. The van der Waals surface area contributed by atoms with Crippen molar-refractivity contribution in [2.24, 2.45) is 0 Å². The molecular formula is C13H13BrFNO. The van der Waals surface area contributed by atoms with Gasteiger partial charge in [-0.2, -0.15) is 5.26 Å². The van der Waals surface area contributed by atoms with E-state index in [4.69, 9.17) is 4.74 Å². The molecule has 0 aromatic heterocycles. The van der Waals surface area contributed by atoms with E-state index < -0.39 is 5.41 Å². The van der Waals surface area contributed by atoms with Crippen LogP contribution in [-0.2, 0) is 10.2 Å². The van der Waals surface area contributed by atoms with Crippen LogP contribution >= 0.6 is 15.9 Å². The maximum atomic E-state index is 13.4. The summed E-state index contributed by atoms with van der Waals surface area (Å²) < 4.78 is 19.5. The van der Waals surface area contributed by atoms with Crippen LogP contribution < -0.4 is 0 Å². The average molecular weight is 298 g/mol. The number of hydrogen-bond acceptors (Lipinski definition) is 2. The molecule has 17 heavy (non-hydrogen) atoms. The van der Waals surface area contributed by atoms with E-state index in [0.717, 1.165) is 5.56 Å². The van der Waals surface area contributed by atoms with Crippen molar-refractivity contribution in [1.82, 2.24) is 0 Å². The third-order valence-electron chi connectivity index (χ3n) is 3.20. The van der Waals surface area contributed by atoms with Crippen molar-refractivity contribution in [2.45, 2.75) is 31.3 Å². The summed E-state index contributed by atoms with van der Waals surface area (Å²) in [6, 6.07) is 7.03. The van der Waals surface area contributed by atoms with Crippen LogP contribution in [0.2, 0.25) is 0 Å². The lowest BCUT2D eigenvalue weighted by atomic mass is 9.74. The van der Waals surface area contributed by atoms with Gasteiger partial charge in [-0.05, 0) is 43.5 Å². The number of ether oxygens (including phenoxy) is 1. The van der Waals surface area contributed by atoms with Crippen LogP contribution in [0.3, 0.4) is 0 Å². The normalized spacial score (nSPS) is 28.7. The molecule has 0 spiro atoms. The molecule has 1 aromatic rings. The van der Waals surface area contributed by atoms with E-state index in [1.165, 1.54) is 12.1 Å². The number of halogens is 2. The smallest absolute Gasteiger partial charge is 0.124 e. The van der Waals surface area contributed by atoms with Crippen molar-refractivity contribution in [1.29, 1.82) is 5.26 Å². The zero-order chi connectivity index (χ0) is 12.5. The van der Waals surface area contributed by atoms with Crippen molar-refractivity contribution in [3.63, 3.8) is 0 Å². The highest BCUT2D eigenvalue weighted by Crippen LogP contribution is 2.37. The maximum Gasteiger partial charge on any atom is 0.124 e. The van der Waals surface area contributed by atoms with Gasteiger partial charge in [0.25, 0.3) is 0 Å². The summed E-state index contributed by atoms with van der Waals surface area (Å²) >= 11 is 3.27. The predicted octanol–water partition coefficient (Wildman–Crippen LogP) is 3.55. The van der Waals surface area contributed by atoms with Gasteiger partial charge in [-0.1, -0.05) is 15.9 Å². The van der Waals surface area contributed by atoms with Crippen molar-refractivity contribution >= 4 is 15.9 Å². The highest BCUT2D eigenvalue weighted by atomic mass is 79.9. The molecule has 1 heterocycles. The van der Waals surface area contributed by atoms with Gasteiger partial charge in [0.2, 0.25) is 0 Å². The van der Waals surface area contributed by atoms with Crippen LogP contribution in [0.25, 0.3) is 0 Å². The van der Waals surface area contributed by atoms with E-state index in [1.54, 1.807) is 0 Å². The van der Waals surface area contributed by atoms with Crippen LogP contribution in [0, 0.1) is 17.1 Å². The molecule has 1 fully saturated rings. The lowest BCUT2D eigenvalue weighted by molar-refractivity contribution is 0.00346. The molecule has 4 heteroatoms. The Labute approximate surface area is 109 Å². The maximum absolute atomic E-state index is 13.4. The first-order valence-corrected chi connectivity index (χ1v) is 6.34. The van der Waals surface area contributed by atoms with E-state index >= 15 is 0 Å². The number of hydrogen-bond donors (Lipinski definition) is 0. The molecular weight excluding hydrogens is 285 g/mol. The molecule has 90 valence electrons. The standard InChI is InChI=1S/C13H13BrFNO/c1-9-7-13(8-16,2-3-17-9)10-4-11(14)6-12(15)5-10/h4-6,9H,2-3,7H2,1H3/t9-,13-/m0/s1. The topological polar surface area (TPSA) is 33.0 Å². The largest absolute Gasteiger partial charge is 0.378 e. The Morgan fingerprint density at radius 3 is 2.88 bits per heavy atom. The molecule has 0 radical (unpaired) electrons. The zero-order valence-electron chi connectivity index (χ0n) is 9.54. The Bertz CT molecular complexity index is 451. The monoisotopic (exact) mass is 297 g/mol. The Kier molecular flexibility index (Phi) is 3.50. The highest BCUT2D eigenvalue weighted by molar-refractivity contribution is 9.10. The van der Waals surface area contributed by atoms with Crippen molar-refractivity contribution in [2.75, 3.05) is 6.61 Å². The summed E-state index contributed by atoms with van der Waals surface area (Å²) in [5.74, 6) is -0.317. The van der Waals surface area contributed by atoms with Gasteiger partial charge in [-0.3, -0.25) is 0 Å². The molecule has 0 saturated carbocycles. The van der Waals surface area contributed by atoms with Crippen molar-refractivity contribution in [3.05, 3.63) is 34.1 Å². The molecule has 1 aliphatic heterocycles. The second kappa shape index (κ2) is 4.75. The quantitative estimate of drug-likeness (QED) is 0.794. The Morgan fingerprint density at radius 2 is 2.29 bits per heavy atom.